The summed E-state index contributed by atoms with van der Waals surface area (Å²) in [5.41, 5.74) is 3.63. The van der Waals surface area contributed by atoms with Gasteiger partial charge < -0.3 is 5.32 Å². The van der Waals surface area contributed by atoms with Gasteiger partial charge in [0.05, 0.1) is 10.6 Å². The molecule has 1 N–H and O–H groups in total. The first-order valence-electron chi connectivity index (χ1n) is 7.03. The Hall–Kier alpha value is -3.28. The molecule has 0 fully saturated rings. The maximum atomic E-state index is 10.7. The SMILES string of the molecule is Cc1ccc(Nc2nccc(-c3ccc([N+](=O)[O-])cc3)n2)cc1. The van der Waals surface area contributed by atoms with Crippen LogP contribution in [0.2, 0.25) is 0 Å². The van der Waals surface area contributed by atoms with Crippen LogP contribution in [0.25, 0.3) is 11.3 Å². The number of nitro benzene ring substituents is 1. The van der Waals surface area contributed by atoms with Crippen molar-refractivity contribution in [2.75, 3.05) is 5.32 Å². The number of anilines is 2. The first kappa shape index (κ1) is 14.6. The molecule has 0 spiro atoms. The fourth-order valence-electron chi connectivity index (χ4n) is 2.10. The van der Waals surface area contributed by atoms with E-state index in [9.17, 15) is 10.1 Å². The van der Waals surface area contributed by atoms with Gasteiger partial charge in [-0.15, -0.1) is 0 Å². The van der Waals surface area contributed by atoms with Crippen LogP contribution in [-0.2, 0) is 0 Å². The van der Waals surface area contributed by atoms with Gasteiger partial charge in [-0.2, -0.15) is 0 Å². The fourth-order valence-corrected chi connectivity index (χ4v) is 2.10. The molecule has 0 aliphatic carbocycles. The van der Waals surface area contributed by atoms with Crippen molar-refractivity contribution in [2.24, 2.45) is 0 Å². The molecule has 0 saturated carbocycles. The third kappa shape index (κ3) is 3.49. The Balaban J connectivity index is 1.84. The molecule has 6 heteroatoms. The van der Waals surface area contributed by atoms with E-state index in [1.54, 1.807) is 24.4 Å². The average Bonchev–Trinajstić information content (AvgIpc) is 2.57. The lowest BCUT2D eigenvalue weighted by Crippen LogP contribution is -1.98. The van der Waals surface area contributed by atoms with Gasteiger partial charge in [0.15, 0.2) is 0 Å². The van der Waals surface area contributed by atoms with Crippen molar-refractivity contribution in [1.29, 1.82) is 0 Å². The summed E-state index contributed by atoms with van der Waals surface area (Å²) in [6.45, 7) is 2.02. The fraction of sp³-hybridized carbons (Fsp3) is 0.0588. The molecule has 1 heterocycles. The van der Waals surface area contributed by atoms with E-state index in [0.717, 1.165) is 11.3 Å². The Bertz CT molecular complexity index is 830. The number of aryl methyl sites for hydroxylation is 1. The van der Waals surface area contributed by atoms with E-state index in [4.69, 9.17) is 0 Å². The van der Waals surface area contributed by atoms with Crippen molar-refractivity contribution >= 4 is 17.3 Å². The van der Waals surface area contributed by atoms with Crippen LogP contribution in [0.3, 0.4) is 0 Å². The maximum absolute atomic E-state index is 10.7. The minimum absolute atomic E-state index is 0.0563. The number of benzene rings is 2. The molecule has 2 aromatic carbocycles. The van der Waals surface area contributed by atoms with Crippen LogP contribution < -0.4 is 5.32 Å². The molecule has 3 aromatic rings. The highest BCUT2D eigenvalue weighted by atomic mass is 16.6. The number of rotatable bonds is 4. The highest BCUT2D eigenvalue weighted by Crippen LogP contribution is 2.22. The second-order valence-corrected chi connectivity index (χ2v) is 5.06. The lowest BCUT2D eigenvalue weighted by atomic mass is 10.1. The van der Waals surface area contributed by atoms with E-state index in [1.807, 2.05) is 31.2 Å². The topological polar surface area (TPSA) is 81.0 Å². The number of aromatic nitrogens is 2. The van der Waals surface area contributed by atoms with E-state index in [0.29, 0.717) is 11.6 Å². The molecule has 0 saturated heterocycles. The summed E-state index contributed by atoms with van der Waals surface area (Å²) >= 11 is 0. The van der Waals surface area contributed by atoms with Crippen molar-refractivity contribution in [1.82, 2.24) is 9.97 Å². The highest BCUT2D eigenvalue weighted by Gasteiger charge is 2.07. The largest absolute Gasteiger partial charge is 0.324 e. The van der Waals surface area contributed by atoms with Crippen LogP contribution in [0.5, 0.6) is 0 Å². The second kappa shape index (κ2) is 6.23. The van der Waals surface area contributed by atoms with E-state index < -0.39 is 4.92 Å². The third-order valence-corrected chi connectivity index (χ3v) is 3.34. The van der Waals surface area contributed by atoms with Crippen LogP contribution in [-0.4, -0.2) is 14.9 Å². The number of nitro groups is 1. The first-order valence-corrected chi connectivity index (χ1v) is 7.03. The summed E-state index contributed by atoms with van der Waals surface area (Å²) in [7, 11) is 0. The average molecular weight is 306 g/mol. The van der Waals surface area contributed by atoms with Gasteiger partial charge in [-0.05, 0) is 37.3 Å². The van der Waals surface area contributed by atoms with Gasteiger partial charge in [-0.3, -0.25) is 10.1 Å². The monoisotopic (exact) mass is 306 g/mol. The van der Waals surface area contributed by atoms with E-state index >= 15 is 0 Å². The predicted molar refractivity (Wildman–Crippen MR) is 88.6 cm³/mol. The van der Waals surface area contributed by atoms with Gasteiger partial charge in [0, 0.05) is 29.6 Å². The van der Waals surface area contributed by atoms with Gasteiger partial charge in [-0.25, -0.2) is 9.97 Å². The van der Waals surface area contributed by atoms with E-state index in [1.165, 1.54) is 17.7 Å². The summed E-state index contributed by atoms with van der Waals surface area (Å²) in [6.07, 6.45) is 1.65. The quantitative estimate of drug-likeness (QED) is 0.579. The summed E-state index contributed by atoms with van der Waals surface area (Å²) in [5.74, 6) is 0.477. The number of nitrogens with one attached hydrogen (secondary N) is 1. The zero-order valence-corrected chi connectivity index (χ0v) is 12.4. The lowest BCUT2D eigenvalue weighted by molar-refractivity contribution is -0.384. The standard InChI is InChI=1S/C17H14N4O2/c1-12-2-6-14(7-3-12)19-17-18-11-10-16(20-17)13-4-8-15(9-5-13)21(22)23/h2-11H,1H3,(H,18,19,20). The predicted octanol–water partition coefficient (Wildman–Crippen LogP) is 4.10. The number of non-ortho nitro benzene ring substituents is 1. The molecule has 0 aliphatic rings. The number of hydrogen-bond donors (Lipinski definition) is 1. The van der Waals surface area contributed by atoms with Crippen molar-refractivity contribution in [3.05, 3.63) is 76.5 Å². The minimum atomic E-state index is -0.422. The molecule has 114 valence electrons. The van der Waals surface area contributed by atoms with Crippen LogP contribution in [0.15, 0.2) is 60.8 Å². The molecule has 6 nitrogen and oxygen atoms in total. The molecule has 0 amide bonds. The Kier molecular flexibility index (Phi) is 3.97. The smallest absolute Gasteiger partial charge is 0.269 e. The normalized spacial score (nSPS) is 10.3. The summed E-state index contributed by atoms with van der Waals surface area (Å²) in [6, 6.07) is 16.0. The molecular formula is C17H14N4O2. The maximum Gasteiger partial charge on any atom is 0.269 e. The number of nitrogens with zero attached hydrogens (tertiary/aromatic N) is 3. The van der Waals surface area contributed by atoms with Gasteiger partial charge in [0.1, 0.15) is 0 Å². The molecule has 0 atom stereocenters. The highest BCUT2D eigenvalue weighted by molar-refractivity contribution is 5.63. The summed E-state index contributed by atoms with van der Waals surface area (Å²) < 4.78 is 0. The van der Waals surface area contributed by atoms with Crippen molar-refractivity contribution in [3.8, 4) is 11.3 Å². The van der Waals surface area contributed by atoms with Crippen LogP contribution >= 0.6 is 0 Å². The first-order chi connectivity index (χ1) is 11.1. The summed E-state index contributed by atoms with van der Waals surface area (Å²) in [4.78, 5) is 18.9. The number of hydrogen-bond acceptors (Lipinski definition) is 5. The molecule has 0 radical (unpaired) electrons. The van der Waals surface area contributed by atoms with Crippen molar-refractivity contribution < 1.29 is 4.92 Å². The molecule has 0 unspecified atom stereocenters. The lowest BCUT2D eigenvalue weighted by Gasteiger charge is -2.07. The van der Waals surface area contributed by atoms with E-state index in [2.05, 4.69) is 15.3 Å². The van der Waals surface area contributed by atoms with Crippen LogP contribution in [0.4, 0.5) is 17.3 Å². The zero-order valence-electron chi connectivity index (χ0n) is 12.4. The Morgan fingerprint density at radius 3 is 2.35 bits per heavy atom. The molecule has 23 heavy (non-hydrogen) atoms. The van der Waals surface area contributed by atoms with Crippen LogP contribution in [0, 0.1) is 17.0 Å². The van der Waals surface area contributed by atoms with E-state index in [-0.39, 0.29) is 5.69 Å². The van der Waals surface area contributed by atoms with Gasteiger partial charge in [0.2, 0.25) is 5.95 Å². The minimum Gasteiger partial charge on any atom is -0.324 e. The van der Waals surface area contributed by atoms with Crippen LogP contribution in [0.1, 0.15) is 5.56 Å². The third-order valence-electron chi connectivity index (χ3n) is 3.34. The van der Waals surface area contributed by atoms with Gasteiger partial charge in [-0.1, -0.05) is 17.7 Å². The molecule has 1 aromatic heterocycles. The van der Waals surface area contributed by atoms with Crippen molar-refractivity contribution in [3.63, 3.8) is 0 Å². The zero-order chi connectivity index (χ0) is 16.2. The molecule has 0 aliphatic heterocycles. The molecular weight excluding hydrogens is 292 g/mol. The Morgan fingerprint density at radius 2 is 1.70 bits per heavy atom. The van der Waals surface area contributed by atoms with Crippen molar-refractivity contribution in [2.45, 2.75) is 6.92 Å². The molecule has 3 rings (SSSR count). The summed E-state index contributed by atoms with van der Waals surface area (Å²) in [5, 5.41) is 13.8. The Morgan fingerprint density at radius 1 is 1.00 bits per heavy atom. The second-order valence-electron chi connectivity index (χ2n) is 5.06. The molecule has 0 bridgehead atoms. The van der Waals surface area contributed by atoms with Gasteiger partial charge in [0.25, 0.3) is 5.69 Å². The van der Waals surface area contributed by atoms with Gasteiger partial charge >= 0.3 is 0 Å². The Labute approximate surface area is 133 Å².